The number of hydrogen-bond acceptors (Lipinski definition) is 6. The molecule has 0 saturated heterocycles. The fraction of sp³-hybridized carbons (Fsp3) is 0. The number of amidine groups is 1. The van der Waals surface area contributed by atoms with Gasteiger partial charge < -0.3 is 0 Å². The van der Waals surface area contributed by atoms with Crippen molar-refractivity contribution >= 4 is 39.1 Å². The van der Waals surface area contributed by atoms with E-state index in [9.17, 15) is 13.2 Å². The van der Waals surface area contributed by atoms with Crippen LogP contribution in [0.4, 0.5) is 0 Å². The molecule has 0 spiro atoms. The van der Waals surface area contributed by atoms with E-state index >= 15 is 0 Å². The van der Waals surface area contributed by atoms with E-state index in [0.29, 0.717) is 5.56 Å². The number of benzene rings is 1. The minimum absolute atomic E-state index is 0.0802. The first-order valence-electron chi connectivity index (χ1n) is 5.47. The average molecular weight is 289 g/mol. The third kappa shape index (κ3) is 2.14. The third-order valence-corrected chi connectivity index (χ3v) is 3.66. The Morgan fingerprint density at radius 2 is 1.90 bits per heavy atom. The summed E-state index contributed by atoms with van der Waals surface area (Å²) in [6.07, 6.45) is 1.07. The molecule has 100 valence electrons. The molecule has 1 aromatic carbocycles. The van der Waals surface area contributed by atoms with Crippen LogP contribution in [-0.4, -0.2) is 37.5 Å². The van der Waals surface area contributed by atoms with Crippen LogP contribution in [0.2, 0.25) is 0 Å². The second kappa shape index (κ2) is 4.46. The zero-order valence-electron chi connectivity index (χ0n) is 9.89. The summed E-state index contributed by atoms with van der Waals surface area (Å²) in [5, 5.41) is 2.01. The molecule has 2 heterocycles. The van der Waals surface area contributed by atoms with Crippen molar-refractivity contribution in [2.24, 2.45) is 19.4 Å². The molecule has 0 bridgehead atoms. The molecule has 0 aliphatic carbocycles. The van der Waals surface area contributed by atoms with Gasteiger partial charge in [0, 0.05) is 5.56 Å². The van der Waals surface area contributed by atoms with E-state index in [1.54, 1.807) is 30.3 Å². The molecule has 9 heteroatoms. The van der Waals surface area contributed by atoms with Crippen LogP contribution < -0.4 is 5.32 Å². The maximum atomic E-state index is 11.9. The van der Waals surface area contributed by atoms with Crippen LogP contribution in [0.15, 0.2) is 49.7 Å². The van der Waals surface area contributed by atoms with Crippen molar-refractivity contribution in [3.63, 3.8) is 0 Å². The molecule has 0 atom stereocenters. The molecule has 0 saturated carbocycles. The minimum atomic E-state index is -3.97. The lowest BCUT2D eigenvalue weighted by Gasteiger charge is -2.09. The molecule has 2 aliphatic heterocycles. The first kappa shape index (κ1) is 12.4. The van der Waals surface area contributed by atoms with Gasteiger partial charge in [0.15, 0.2) is 5.84 Å². The van der Waals surface area contributed by atoms with Gasteiger partial charge in [-0.2, -0.15) is 13.4 Å². The van der Waals surface area contributed by atoms with Gasteiger partial charge in [-0.1, -0.05) is 18.2 Å². The summed E-state index contributed by atoms with van der Waals surface area (Å²) >= 11 is 0. The molecule has 0 radical (unpaired) electrons. The van der Waals surface area contributed by atoms with Crippen LogP contribution >= 0.6 is 0 Å². The first-order chi connectivity index (χ1) is 9.56. The summed E-state index contributed by atoms with van der Waals surface area (Å²) < 4.78 is 26.9. The van der Waals surface area contributed by atoms with Gasteiger partial charge in [-0.25, -0.2) is 9.98 Å². The van der Waals surface area contributed by atoms with E-state index in [-0.39, 0.29) is 16.8 Å². The molecular formula is C11H7N5O3S. The van der Waals surface area contributed by atoms with Crippen molar-refractivity contribution < 1.29 is 13.2 Å². The molecule has 0 unspecified atom stereocenters. The van der Waals surface area contributed by atoms with E-state index in [0.717, 1.165) is 6.34 Å². The second-order valence-corrected chi connectivity index (χ2v) is 5.34. The van der Waals surface area contributed by atoms with Crippen molar-refractivity contribution in [1.82, 2.24) is 5.32 Å². The fourth-order valence-electron chi connectivity index (χ4n) is 1.60. The van der Waals surface area contributed by atoms with Gasteiger partial charge in [0.2, 0.25) is 11.0 Å². The Morgan fingerprint density at radius 3 is 2.65 bits per heavy atom. The predicted octanol–water partition coefficient (Wildman–Crippen LogP) is -0.0453. The van der Waals surface area contributed by atoms with Crippen molar-refractivity contribution in [2.75, 3.05) is 0 Å². The van der Waals surface area contributed by atoms with E-state index in [1.807, 2.05) is 0 Å². The van der Waals surface area contributed by atoms with Gasteiger partial charge in [0.25, 0.3) is 5.91 Å². The smallest absolute Gasteiger partial charge is 0.290 e. The monoisotopic (exact) mass is 289 g/mol. The summed E-state index contributed by atoms with van der Waals surface area (Å²) in [4.78, 5) is 23.0. The molecule has 1 amide bonds. The van der Waals surface area contributed by atoms with E-state index < -0.39 is 15.9 Å². The number of fused-ring (bicyclic) bond motifs is 1. The quantitative estimate of drug-likeness (QED) is 0.782. The number of aliphatic imine (C=N–C) groups is 3. The molecule has 2 aliphatic rings. The minimum Gasteiger partial charge on any atom is -0.290 e. The van der Waals surface area contributed by atoms with Gasteiger partial charge in [0.1, 0.15) is 6.34 Å². The number of sulfonamides is 1. The summed E-state index contributed by atoms with van der Waals surface area (Å²) in [5.41, 5.74) is 0.363. The van der Waals surface area contributed by atoms with Gasteiger partial charge in [0.05, 0.1) is 0 Å². The largest absolute Gasteiger partial charge is 0.307 e. The fourth-order valence-corrected chi connectivity index (χ4v) is 2.51. The molecular weight excluding hydrogens is 282 g/mol. The zero-order valence-corrected chi connectivity index (χ0v) is 10.7. The maximum absolute atomic E-state index is 11.9. The highest BCUT2D eigenvalue weighted by Crippen LogP contribution is 2.11. The summed E-state index contributed by atoms with van der Waals surface area (Å²) in [7, 11) is -3.97. The van der Waals surface area contributed by atoms with E-state index in [4.69, 9.17) is 0 Å². The molecule has 20 heavy (non-hydrogen) atoms. The van der Waals surface area contributed by atoms with Crippen LogP contribution in [0, 0.1) is 0 Å². The molecule has 3 rings (SSSR count). The Hall–Kier alpha value is -2.68. The number of carbonyl (C=O) groups is 1. The van der Waals surface area contributed by atoms with Gasteiger partial charge in [-0.15, -0.1) is 4.40 Å². The maximum Gasteiger partial charge on any atom is 0.307 e. The van der Waals surface area contributed by atoms with Crippen molar-refractivity contribution in [1.29, 1.82) is 0 Å². The molecule has 0 aromatic heterocycles. The standard InChI is InChI=1S/C11H7N5O3S/c17-9(7-4-2-1-3-5-7)15-11-14-8-10(13-6-12-8)20(18,19)16-11/h1-6H,(H,15,16,17). The van der Waals surface area contributed by atoms with Crippen molar-refractivity contribution in [3.8, 4) is 0 Å². The number of carbonyl (C=O) groups excluding carboxylic acids is 1. The Morgan fingerprint density at radius 1 is 1.15 bits per heavy atom. The van der Waals surface area contributed by atoms with E-state index in [2.05, 4.69) is 24.7 Å². The highest BCUT2D eigenvalue weighted by Gasteiger charge is 2.32. The van der Waals surface area contributed by atoms with Crippen LogP contribution in [0.25, 0.3) is 0 Å². The number of guanidine groups is 1. The lowest BCUT2D eigenvalue weighted by Crippen LogP contribution is -2.35. The Bertz CT molecular complexity index is 806. The molecule has 1 aromatic rings. The Balaban J connectivity index is 1.89. The predicted molar refractivity (Wildman–Crippen MR) is 73.6 cm³/mol. The number of nitrogens with one attached hydrogen (secondary N) is 1. The van der Waals surface area contributed by atoms with Crippen LogP contribution in [0.1, 0.15) is 10.4 Å². The van der Waals surface area contributed by atoms with Crippen molar-refractivity contribution in [3.05, 3.63) is 35.9 Å². The topological polar surface area (TPSA) is 113 Å². The lowest BCUT2D eigenvalue weighted by atomic mass is 10.2. The molecule has 1 N–H and O–H groups in total. The van der Waals surface area contributed by atoms with Gasteiger partial charge in [-0.3, -0.25) is 10.1 Å². The van der Waals surface area contributed by atoms with Gasteiger partial charge >= 0.3 is 10.0 Å². The SMILES string of the molecule is O=C(NC1=NS(=O)(=O)C2=NC=NC2=N1)c1ccccc1. The highest BCUT2D eigenvalue weighted by molar-refractivity contribution is 8.07. The van der Waals surface area contributed by atoms with E-state index in [1.165, 1.54) is 0 Å². The Kier molecular flexibility index (Phi) is 2.75. The number of amides is 1. The van der Waals surface area contributed by atoms with Crippen LogP contribution in [0.5, 0.6) is 0 Å². The average Bonchev–Trinajstić information content (AvgIpc) is 2.88. The van der Waals surface area contributed by atoms with Crippen molar-refractivity contribution in [2.45, 2.75) is 0 Å². The number of hydrogen-bond donors (Lipinski definition) is 1. The second-order valence-electron chi connectivity index (χ2n) is 3.82. The van der Waals surface area contributed by atoms with Gasteiger partial charge in [-0.05, 0) is 12.1 Å². The highest BCUT2D eigenvalue weighted by atomic mass is 32.2. The summed E-state index contributed by atoms with van der Waals surface area (Å²) in [6.45, 7) is 0. The lowest BCUT2D eigenvalue weighted by molar-refractivity contribution is 0.0977. The van der Waals surface area contributed by atoms with Crippen LogP contribution in [-0.2, 0) is 10.0 Å². The molecule has 0 fully saturated rings. The summed E-state index contributed by atoms with van der Waals surface area (Å²) in [6, 6.07) is 8.30. The Labute approximate surface area is 113 Å². The molecule has 8 nitrogen and oxygen atoms in total. The number of nitrogens with zero attached hydrogens (tertiary/aromatic N) is 4. The zero-order chi connectivity index (χ0) is 14.2. The third-order valence-electron chi connectivity index (χ3n) is 2.47. The normalized spacial score (nSPS) is 18.7. The number of rotatable bonds is 1. The summed E-state index contributed by atoms with van der Waals surface area (Å²) in [5.74, 6) is -0.915. The van der Waals surface area contributed by atoms with Crippen LogP contribution in [0.3, 0.4) is 0 Å². The first-order valence-corrected chi connectivity index (χ1v) is 6.91.